The lowest BCUT2D eigenvalue weighted by Crippen LogP contribution is -2.29. The number of ether oxygens (including phenoxy) is 1. The Labute approximate surface area is 64.2 Å². The Morgan fingerprint density at radius 2 is 1.70 bits per heavy atom. The summed E-state index contributed by atoms with van der Waals surface area (Å²) in [5.41, 5.74) is -0.304. The van der Waals surface area contributed by atoms with Crippen molar-refractivity contribution in [3.05, 3.63) is 0 Å². The summed E-state index contributed by atoms with van der Waals surface area (Å²) in [5.74, 6) is 0. The van der Waals surface area contributed by atoms with Gasteiger partial charge in [0.1, 0.15) is 5.60 Å². The van der Waals surface area contributed by atoms with Crippen LogP contribution in [-0.2, 0) is 4.74 Å². The molecule has 0 N–H and O–H groups in total. The molecule has 0 fully saturated rings. The van der Waals surface area contributed by atoms with Gasteiger partial charge < -0.3 is 4.74 Å². The smallest absolute Gasteiger partial charge is 0.268 e. The third-order valence-electron chi connectivity index (χ3n) is 0.878. The highest BCUT2D eigenvalue weighted by Gasteiger charge is 2.18. The van der Waals surface area contributed by atoms with Crippen LogP contribution in [0.15, 0.2) is 0 Å². The molecular weight excluding hydrogens is 144 g/mol. The van der Waals surface area contributed by atoms with Gasteiger partial charge in [-0.1, -0.05) is 13.1 Å². The van der Waals surface area contributed by atoms with E-state index in [0.717, 1.165) is 0 Å². The second-order valence-corrected chi connectivity index (χ2v) is 6.47. The molecule has 0 amide bonds. The SMILES string of the molecule is C[SiH](C)C(=O)OC(C)(C)C. The Bertz CT molecular complexity index is 124. The minimum Gasteiger partial charge on any atom is -0.465 e. The van der Waals surface area contributed by atoms with Crippen molar-refractivity contribution in [2.45, 2.75) is 39.5 Å². The average Bonchev–Trinajstić information content (AvgIpc) is 1.60. The first-order valence-corrected chi connectivity index (χ1v) is 6.44. The fourth-order valence-corrected chi connectivity index (χ4v) is 1.01. The molecule has 0 saturated carbocycles. The molecule has 3 heteroatoms. The van der Waals surface area contributed by atoms with Gasteiger partial charge in [-0.15, -0.1) is 0 Å². The van der Waals surface area contributed by atoms with E-state index in [1.807, 2.05) is 33.9 Å². The van der Waals surface area contributed by atoms with Crippen LogP contribution in [0.5, 0.6) is 0 Å². The molecule has 10 heavy (non-hydrogen) atoms. The summed E-state index contributed by atoms with van der Waals surface area (Å²) in [5, 5.41) is 0. The van der Waals surface area contributed by atoms with Gasteiger partial charge >= 0.3 is 0 Å². The molecule has 60 valence electrons. The predicted octanol–water partition coefficient (Wildman–Crippen LogP) is 1.99. The Hall–Kier alpha value is -0.313. The summed E-state index contributed by atoms with van der Waals surface area (Å²) in [6.07, 6.45) is 0. The van der Waals surface area contributed by atoms with E-state index in [-0.39, 0.29) is 11.2 Å². The molecule has 0 atom stereocenters. The molecule has 0 rings (SSSR count). The van der Waals surface area contributed by atoms with E-state index in [9.17, 15) is 4.79 Å². The van der Waals surface area contributed by atoms with E-state index < -0.39 is 8.80 Å². The van der Waals surface area contributed by atoms with E-state index in [2.05, 4.69) is 0 Å². The number of hydrogen-bond acceptors (Lipinski definition) is 2. The molecule has 0 aliphatic heterocycles. The first-order chi connectivity index (χ1) is 4.33. The maximum Gasteiger partial charge on any atom is 0.268 e. The Kier molecular flexibility index (Phi) is 3.09. The van der Waals surface area contributed by atoms with Crippen LogP contribution in [0.1, 0.15) is 20.8 Å². The highest BCUT2D eigenvalue weighted by atomic mass is 28.3. The van der Waals surface area contributed by atoms with Gasteiger partial charge in [0.15, 0.2) is 8.80 Å². The number of hydrogen-bond donors (Lipinski definition) is 0. The molecule has 0 unspecified atom stereocenters. The second-order valence-electron chi connectivity index (χ2n) is 3.69. The molecule has 0 aliphatic carbocycles. The lowest BCUT2D eigenvalue weighted by Gasteiger charge is -2.20. The van der Waals surface area contributed by atoms with Crippen molar-refractivity contribution in [3.8, 4) is 0 Å². The van der Waals surface area contributed by atoms with Crippen molar-refractivity contribution in [3.63, 3.8) is 0 Å². The maximum absolute atomic E-state index is 11.0. The zero-order valence-corrected chi connectivity index (χ0v) is 8.55. The largest absolute Gasteiger partial charge is 0.465 e. The van der Waals surface area contributed by atoms with Crippen molar-refractivity contribution in [1.82, 2.24) is 0 Å². The Morgan fingerprint density at radius 3 is 1.80 bits per heavy atom. The summed E-state index contributed by atoms with van der Waals surface area (Å²) in [4.78, 5) is 11.0. The van der Waals surface area contributed by atoms with Gasteiger partial charge in [0.25, 0.3) is 5.59 Å². The quantitative estimate of drug-likeness (QED) is 0.548. The Morgan fingerprint density at radius 1 is 1.30 bits per heavy atom. The van der Waals surface area contributed by atoms with Crippen LogP contribution in [0.2, 0.25) is 13.1 Å². The standard InChI is InChI=1S/C7H16O2Si/c1-7(2,3)9-6(8)10(4)5/h10H,1-5H3. The molecular formula is C7H16O2Si. The lowest BCUT2D eigenvalue weighted by molar-refractivity contribution is 0.0712. The molecule has 0 aromatic carbocycles. The molecule has 0 radical (unpaired) electrons. The minimum absolute atomic E-state index is 0.00694. The van der Waals surface area contributed by atoms with Crippen LogP contribution in [0.3, 0.4) is 0 Å². The van der Waals surface area contributed by atoms with Crippen molar-refractivity contribution < 1.29 is 9.53 Å². The minimum atomic E-state index is -1.23. The van der Waals surface area contributed by atoms with Crippen LogP contribution < -0.4 is 0 Å². The summed E-state index contributed by atoms with van der Waals surface area (Å²) >= 11 is 0. The first-order valence-electron chi connectivity index (χ1n) is 3.56. The van der Waals surface area contributed by atoms with Crippen molar-refractivity contribution in [2.75, 3.05) is 0 Å². The molecule has 0 aromatic rings. The van der Waals surface area contributed by atoms with Crippen LogP contribution in [-0.4, -0.2) is 20.0 Å². The van der Waals surface area contributed by atoms with E-state index in [0.29, 0.717) is 0 Å². The summed E-state index contributed by atoms with van der Waals surface area (Å²) in [6, 6.07) is 0. The zero-order valence-electron chi connectivity index (χ0n) is 7.39. The van der Waals surface area contributed by atoms with Gasteiger partial charge in [0.05, 0.1) is 0 Å². The molecule has 0 saturated heterocycles. The normalized spacial score (nSPS) is 11.8. The van der Waals surface area contributed by atoms with Crippen LogP contribution in [0.4, 0.5) is 4.79 Å². The fraction of sp³-hybridized carbons (Fsp3) is 0.857. The third kappa shape index (κ3) is 4.55. The number of carbonyl (C=O) groups is 1. The van der Waals surface area contributed by atoms with Gasteiger partial charge in [-0.25, -0.2) is 0 Å². The molecule has 2 nitrogen and oxygen atoms in total. The fourth-order valence-electron chi connectivity index (χ4n) is 0.420. The molecule has 0 aliphatic rings. The average molecular weight is 160 g/mol. The van der Waals surface area contributed by atoms with Gasteiger partial charge in [-0.05, 0) is 20.8 Å². The number of rotatable bonds is 1. The van der Waals surface area contributed by atoms with E-state index >= 15 is 0 Å². The highest BCUT2D eigenvalue weighted by molar-refractivity contribution is 6.86. The van der Waals surface area contributed by atoms with Crippen molar-refractivity contribution in [1.29, 1.82) is 0 Å². The predicted molar refractivity (Wildman–Crippen MR) is 45.1 cm³/mol. The lowest BCUT2D eigenvalue weighted by atomic mass is 10.2. The Balaban J connectivity index is 3.81. The summed E-state index contributed by atoms with van der Waals surface area (Å²) < 4.78 is 5.12. The second kappa shape index (κ2) is 3.19. The van der Waals surface area contributed by atoms with Crippen LogP contribution in [0.25, 0.3) is 0 Å². The zero-order chi connectivity index (χ0) is 8.36. The first kappa shape index (κ1) is 9.69. The van der Waals surface area contributed by atoms with Gasteiger partial charge in [0.2, 0.25) is 0 Å². The van der Waals surface area contributed by atoms with Crippen molar-refractivity contribution >= 4 is 14.4 Å². The highest BCUT2D eigenvalue weighted by Crippen LogP contribution is 2.08. The summed E-state index contributed by atoms with van der Waals surface area (Å²) in [7, 11) is -1.23. The van der Waals surface area contributed by atoms with Crippen molar-refractivity contribution in [2.24, 2.45) is 0 Å². The van der Waals surface area contributed by atoms with Gasteiger partial charge in [-0.2, -0.15) is 0 Å². The summed E-state index contributed by atoms with van der Waals surface area (Å²) in [6.45, 7) is 9.60. The third-order valence-corrected chi connectivity index (χ3v) is 1.94. The van der Waals surface area contributed by atoms with Gasteiger partial charge in [-0.3, -0.25) is 4.79 Å². The van der Waals surface area contributed by atoms with E-state index in [1.54, 1.807) is 0 Å². The topological polar surface area (TPSA) is 26.3 Å². The monoisotopic (exact) mass is 160 g/mol. The van der Waals surface area contributed by atoms with E-state index in [1.165, 1.54) is 0 Å². The van der Waals surface area contributed by atoms with E-state index in [4.69, 9.17) is 4.74 Å². The molecule has 0 aromatic heterocycles. The molecule has 0 heterocycles. The van der Waals surface area contributed by atoms with Crippen LogP contribution >= 0.6 is 0 Å². The molecule has 0 bridgehead atoms. The van der Waals surface area contributed by atoms with Gasteiger partial charge in [0, 0.05) is 0 Å². The van der Waals surface area contributed by atoms with Crippen LogP contribution in [0, 0.1) is 0 Å². The number of carbonyl (C=O) groups excluding carboxylic acids is 1. The molecule has 0 spiro atoms. The maximum atomic E-state index is 11.0.